The average molecular weight is 667 g/mol. The van der Waals surface area contributed by atoms with Gasteiger partial charge in [-0.1, -0.05) is 118 Å². The topological polar surface area (TPSA) is 17.8 Å². The number of para-hydroxylation sites is 2. The van der Waals surface area contributed by atoms with Crippen LogP contribution in [0.4, 0.5) is 0 Å². The molecule has 8 aromatic carbocycles. The van der Waals surface area contributed by atoms with Crippen molar-refractivity contribution in [2.75, 3.05) is 0 Å². The molecule has 0 saturated carbocycles. The minimum atomic E-state index is -0.178. The summed E-state index contributed by atoms with van der Waals surface area (Å²) in [5, 5.41) is 7.98. The van der Waals surface area contributed by atoms with Crippen LogP contribution < -0.4 is 0 Å². The molecule has 0 bridgehead atoms. The van der Waals surface area contributed by atoms with E-state index < -0.39 is 0 Å². The molecule has 52 heavy (non-hydrogen) atoms. The third-order valence-corrected chi connectivity index (χ3v) is 12.4. The monoisotopic (exact) mass is 666 g/mol. The highest BCUT2D eigenvalue weighted by Gasteiger charge is 2.42. The third-order valence-electron chi connectivity index (χ3n) is 12.4. The number of benzene rings is 8. The number of imidazole rings is 1. The van der Waals surface area contributed by atoms with E-state index in [0.717, 1.165) is 28.1 Å². The summed E-state index contributed by atoms with van der Waals surface area (Å²) < 4.78 is 2.35. The van der Waals surface area contributed by atoms with Crippen molar-refractivity contribution in [3.8, 4) is 39.3 Å². The maximum absolute atomic E-state index is 5.17. The molecule has 2 aliphatic carbocycles. The summed E-state index contributed by atoms with van der Waals surface area (Å²) in [4.78, 5) is 5.17. The molecule has 2 aliphatic rings. The van der Waals surface area contributed by atoms with E-state index >= 15 is 0 Å². The van der Waals surface area contributed by atoms with Crippen LogP contribution in [0.1, 0.15) is 55.5 Å². The number of aromatic nitrogens is 2. The average Bonchev–Trinajstić information content (AvgIpc) is 3.73. The lowest BCUT2D eigenvalue weighted by atomic mass is 9.79. The maximum atomic E-state index is 5.17. The van der Waals surface area contributed by atoms with E-state index in [0.29, 0.717) is 0 Å². The zero-order valence-corrected chi connectivity index (χ0v) is 30.2. The van der Waals surface area contributed by atoms with Crippen LogP contribution >= 0.6 is 0 Å². The van der Waals surface area contributed by atoms with E-state index in [1.807, 2.05) is 0 Å². The fourth-order valence-corrected chi connectivity index (χ4v) is 9.75. The van der Waals surface area contributed by atoms with Crippen LogP contribution in [-0.4, -0.2) is 9.55 Å². The highest BCUT2D eigenvalue weighted by molar-refractivity contribution is 6.26. The summed E-state index contributed by atoms with van der Waals surface area (Å²) in [6, 6.07) is 52.2. The number of hydrogen-bond donors (Lipinski definition) is 0. The molecule has 0 N–H and O–H groups in total. The van der Waals surface area contributed by atoms with Crippen molar-refractivity contribution < 1.29 is 0 Å². The predicted molar refractivity (Wildman–Crippen MR) is 219 cm³/mol. The molecule has 9 aromatic rings. The summed E-state index contributed by atoms with van der Waals surface area (Å²) in [5.74, 6) is 0.975. The molecule has 0 spiro atoms. The number of fused-ring (bicyclic) bond motifs is 13. The van der Waals surface area contributed by atoms with Gasteiger partial charge in [0.25, 0.3) is 0 Å². The highest BCUT2D eigenvalue weighted by Crippen LogP contribution is 2.57. The van der Waals surface area contributed by atoms with Gasteiger partial charge in [-0.3, -0.25) is 4.57 Å². The van der Waals surface area contributed by atoms with E-state index in [9.17, 15) is 0 Å². The first-order valence-electron chi connectivity index (χ1n) is 18.5. The zero-order chi connectivity index (χ0) is 35.1. The second-order valence-corrected chi connectivity index (χ2v) is 16.1. The van der Waals surface area contributed by atoms with Crippen LogP contribution in [0.5, 0.6) is 0 Å². The van der Waals surface area contributed by atoms with E-state index in [2.05, 4.69) is 179 Å². The van der Waals surface area contributed by atoms with Crippen molar-refractivity contribution in [1.82, 2.24) is 9.55 Å². The summed E-state index contributed by atoms with van der Waals surface area (Å²) in [6.45, 7) is 11.8. The Morgan fingerprint density at radius 1 is 0.442 bits per heavy atom. The van der Waals surface area contributed by atoms with Gasteiger partial charge >= 0.3 is 0 Å². The Bertz CT molecular complexity index is 3030. The van der Waals surface area contributed by atoms with Gasteiger partial charge in [-0.15, -0.1) is 0 Å². The number of hydrogen-bond acceptors (Lipinski definition) is 1. The third kappa shape index (κ3) is 3.82. The SMILES string of the molecule is Cc1cccc(-c2nc3ccccc3n2-c2ccc3c(c2)C(C)(C)c2cc4c(cc2-3)C(C)(C)c2cc3c5ccccc5c5ccccc5c3cc2-4)c1. The van der Waals surface area contributed by atoms with Crippen LogP contribution in [0.25, 0.3) is 82.7 Å². The van der Waals surface area contributed by atoms with Gasteiger partial charge in [-0.2, -0.15) is 0 Å². The molecule has 0 unspecified atom stereocenters. The molecule has 0 fully saturated rings. The van der Waals surface area contributed by atoms with E-state index in [-0.39, 0.29) is 10.8 Å². The Kier molecular flexibility index (Phi) is 5.76. The summed E-state index contributed by atoms with van der Waals surface area (Å²) in [6.07, 6.45) is 0. The number of nitrogens with zero attached hydrogens (tertiary/aromatic N) is 2. The molecular formula is C50H38N2. The summed E-state index contributed by atoms with van der Waals surface area (Å²) >= 11 is 0. The van der Waals surface area contributed by atoms with Crippen LogP contribution in [0.3, 0.4) is 0 Å². The van der Waals surface area contributed by atoms with Crippen molar-refractivity contribution in [3.63, 3.8) is 0 Å². The predicted octanol–water partition coefficient (Wildman–Crippen LogP) is 13.1. The molecular weight excluding hydrogens is 629 g/mol. The molecule has 0 saturated heterocycles. The second kappa shape index (κ2) is 10.1. The molecule has 2 nitrogen and oxygen atoms in total. The minimum absolute atomic E-state index is 0.133. The lowest BCUT2D eigenvalue weighted by Gasteiger charge is -2.24. The Labute approximate surface area is 304 Å². The fourth-order valence-electron chi connectivity index (χ4n) is 9.75. The molecule has 248 valence electrons. The van der Waals surface area contributed by atoms with Crippen molar-refractivity contribution >= 4 is 43.4 Å². The maximum Gasteiger partial charge on any atom is 0.145 e. The molecule has 1 aromatic heterocycles. The Hall–Kier alpha value is -5.99. The van der Waals surface area contributed by atoms with Gasteiger partial charge in [0.05, 0.1) is 11.0 Å². The van der Waals surface area contributed by atoms with Gasteiger partial charge in [0, 0.05) is 22.1 Å². The van der Waals surface area contributed by atoms with Crippen LogP contribution in [0.15, 0.2) is 140 Å². The minimum Gasteiger partial charge on any atom is -0.292 e. The standard InChI is InChI=1S/C50H38N2/c1-29-13-12-14-30(23-29)48-51-46-19-10-11-20-47(46)52(48)31-21-22-36-40-27-45-41(28-44(40)49(2,3)42(36)24-31)39-25-37-34-17-8-6-15-32(34)33-16-7-9-18-35(33)38(37)26-43(39)50(45,4)5/h6-28H,1-5H3. The highest BCUT2D eigenvalue weighted by atomic mass is 15.1. The normalized spacial score (nSPS) is 14.9. The molecule has 1 heterocycles. The largest absolute Gasteiger partial charge is 0.292 e. The van der Waals surface area contributed by atoms with Gasteiger partial charge in [0.2, 0.25) is 0 Å². The molecule has 11 rings (SSSR count). The first-order chi connectivity index (χ1) is 25.2. The summed E-state index contributed by atoms with van der Waals surface area (Å²) in [7, 11) is 0. The smallest absolute Gasteiger partial charge is 0.145 e. The first kappa shape index (κ1) is 29.7. The lowest BCUT2D eigenvalue weighted by Crippen LogP contribution is -2.17. The zero-order valence-electron chi connectivity index (χ0n) is 30.2. The van der Waals surface area contributed by atoms with Crippen molar-refractivity contribution in [2.45, 2.75) is 45.4 Å². The number of aryl methyl sites for hydroxylation is 1. The molecule has 0 amide bonds. The van der Waals surface area contributed by atoms with Gasteiger partial charge in [-0.25, -0.2) is 4.98 Å². The van der Waals surface area contributed by atoms with Crippen LogP contribution in [-0.2, 0) is 10.8 Å². The van der Waals surface area contributed by atoms with Crippen molar-refractivity contribution in [3.05, 3.63) is 167 Å². The molecule has 0 aliphatic heterocycles. The van der Waals surface area contributed by atoms with Gasteiger partial charge in [-0.05, 0) is 138 Å². The molecule has 0 radical (unpaired) electrons. The Balaban J connectivity index is 1.11. The fraction of sp³-hybridized carbons (Fsp3) is 0.140. The van der Waals surface area contributed by atoms with Crippen LogP contribution in [0, 0.1) is 6.92 Å². The van der Waals surface area contributed by atoms with E-state index in [1.165, 1.54) is 82.4 Å². The summed E-state index contributed by atoms with van der Waals surface area (Å²) in [5.41, 5.74) is 16.4. The molecule has 0 atom stereocenters. The van der Waals surface area contributed by atoms with Crippen molar-refractivity contribution in [1.29, 1.82) is 0 Å². The number of rotatable bonds is 2. The van der Waals surface area contributed by atoms with Crippen molar-refractivity contribution in [2.24, 2.45) is 0 Å². The van der Waals surface area contributed by atoms with Crippen LogP contribution in [0.2, 0.25) is 0 Å². The molecule has 2 heteroatoms. The quantitative estimate of drug-likeness (QED) is 0.168. The van der Waals surface area contributed by atoms with E-state index in [1.54, 1.807) is 0 Å². The van der Waals surface area contributed by atoms with Gasteiger partial charge in [0.15, 0.2) is 0 Å². The van der Waals surface area contributed by atoms with E-state index in [4.69, 9.17) is 4.98 Å². The Morgan fingerprint density at radius 2 is 0.981 bits per heavy atom. The lowest BCUT2D eigenvalue weighted by molar-refractivity contribution is 0.652. The van der Waals surface area contributed by atoms with Gasteiger partial charge < -0.3 is 0 Å². The second-order valence-electron chi connectivity index (χ2n) is 16.1. The van der Waals surface area contributed by atoms with Gasteiger partial charge in [0.1, 0.15) is 5.82 Å². The Morgan fingerprint density at radius 3 is 1.65 bits per heavy atom. The first-order valence-corrected chi connectivity index (χ1v) is 18.5.